The number of nitro groups is 1. The zero-order valence-electron chi connectivity index (χ0n) is 13.9. The smallest absolute Gasteiger partial charge is 0.326 e. The highest BCUT2D eigenvalue weighted by Gasteiger charge is 2.25. The van der Waals surface area contributed by atoms with Crippen molar-refractivity contribution < 1.29 is 4.92 Å². The van der Waals surface area contributed by atoms with Gasteiger partial charge in [-0.1, -0.05) is 23.7 Å². The van der Waals surface area contributed by atoms with E-state index in [2.05, 4.69) is 9.88 Å². The standard InChI is InChI=1S/C18H17ClN4O3/c19-14-11-13(23(25)26)5-6-16(14)21-9-7-12(8-10-21)22-17-4-2-1-3-15(17)20-18(22)24/h1-6,11-12H,7-10H2,(H,20,24). The largest absolute Gasteiger partial charge is 0.370 e. The predicted molar refractivity (Wildman–Crippen MR) is 101 cm³/mol. The summed E-state index contributed by atoms with van der Waals surface area (Å²) in [5.74, 6) is 0. The first-order valence-electron chi connectivity index (χ1n) is 8.43. The lowest BCUT2D eigenvalue weighted by Crippen LogP contribution is -2.37. The zero-order chi connectivity index (χ0) is 18.3. The highest BCUT2D eigenvalue weighted by atomic mass is 35.5. The molecule has 2 aromatic carbocycles. The van der Waals surface area contributed by atoms with Crippen molar-refractivity contribution >= 4 is 34.0 Å². The Balaban J connectivity index is 1.55. The van der Waals surface area contributed by atoms with Gasteiger partial charge in [-0.3, -0.25) is 14.7 Å². The number of halogens is 1. The number of hydrogen-bond acceptors (Lipinski definition) is 4. The molecule has 1 saturated heterocycles. The predicted octanol–water partition coefficient (Wildman–Crippen LogP) is 3.73. The van der Waals surface area contributed by atoms with Crippen LogP contribution in [0.2, 0.25) is 5.02 Å². The highest BCUT2D eigenvalue weighted by Crippen LogP contribution is 2.33. The number of piperidine rings is 1. The van der Waals surface area contributed by atoms with Gasteiger partial charge in [-0.05, 0) is 31.0 Å². The number of nitrogens with one attached hydrogen (secondary N) is 1. The fraction of sp³-hybridized carbons (Fsp3) is 0.278. The van der Waals surface area contributed by atoms with Gasteiger partial charge in [0.2, 0.25) is 0 Å². The molecule has 1 N–H and O–H groups in total. The number of hydrogen-bond donors (Lipinski definition) is 1. The molecule has 1 aliphatic rings. The van der Waals surface area contributed by atoms with E-state index in [1.807, 2.05) is 28.8 Å². The second-order valence-corrected chi connectivity index (χ2v) is 6.84. The fourth-order valence-corrected chi connectivity index (χ4v) is 3.96. The number of imidazole rings is 1. The van der Waals surface area contributed by atoms with Crippen molar-refractivity contribution in [3.05, 3.63) is 68.1 Å². The van der Waals surface area contributed by atoms with Crippen molar-refractivity contribution in [2.24, 2.45) is 0 Å². The summed E-state index contributed by atoms with van der Waals surface area (Å²) >= 11 is 6.24. The monoisotopic (exact) mass is 372 g/mol. The van der Waals surface area contributed by atoms with E-state index in [4.69, 9.17) is 11.6 Å². The van der Waals surface area contributed by atoms with E-state index < -0.39 is 4.92 Å². The van der Waals surface area contributed by atoms with E-state index in [9.17, 15) is 14.9 Å². The van der Waals surface area contributed by atoms with Gasteiger partial charge in [0.1, 0.15) is 0 Å². The summed E-state index contributed by atoms with van der Waals surface area (Å²) in [7, 11) is 0. The molecule has 3 aromatic rings. The van der Waals surface area contributed by atoms with E-state index in [0.717, 1.165) is 42.7 Å². The molecule has 8 heteroatoms. The summed E-state index contributed by atoms with van der Waals surface area (Å²) in [4.78, 5) is 27.8. The van der Waals surface area contributed by atoms with Crippen molar-refractivity contribution in [3.8, 4) is 0 Å². The van der Waals surface area contributed by atoms with Gasteiger partial charge in [0.25, 0.3) is 5.69 Å². The van der Waals surface area contributed by atoms with Crippen LogP contribution in [-0.2, 0) is 0 Å². The van der Waals surface area contributed by atoms with E-state index in [1.165, 1.54) is 12.1 Å². The molecule has 0 atom stereocenters. The van der Waals surface area contributed by atoms with Crippen LogP contribution in [0.4, 0.5) is 11.4 Å². The van der Waals surface area contributed by atoms with E-state index in [0.29, 0.717) is 5.02 Å². The van der Waals surface area contributed by atoms with Crippen molar-refractivity contribution in [1.29, 1.82) is 0 Å². The number of aromatic amines is 1. The van der Waals surface area contributed by atoms with Crippen LogP contribution in [0, 0.1) is 10.1 Å². The Hall–Kier alpha value is -2.80. The number of aromatic nitrogens is 2. The van der Waals surface area contributed by atoms with E-state index in [-0.39, 0.29) is 17.4 Å². The number of anilines is 1. The first-order chi connectivity index (χ1) is 12.5. The molecule has 0 unspecified atom stereocenters. The first kappa shape index (κ1) is 16.7. The van der Waals surface area contributed by atoms with Crippen LogP contribution >= 0.6 is 11.6 Å². The number of fused-ring (bicyclic) bond motifs is 1. The maximum Gasteiger partial charge on any atom is 0.326 e. The van der Waals surface area contributed by atoms with Crippen molar-refractivity contribution in [3.63, 3.8) is 0 Å². The minimum absolute atomic E-state index is 0.0148. The van der Waals surface area contributed by atoms with E-state index in [1.54, 1.807) is 6.07 Å². The van der Waals surface area contributed by atoms with Crippen LogP contribution in [0.3, 0.4) is 0 Å². The molecule has 0 saturated carbocycles. The second-order valence-electron chi connectivity index (χ2n) is 6.43. The number of H-pyrrole nitrogens is 1. The van der Waals surface area contributed by atoms with Gasteiger partial charge in [0.15, 0.2) is 0 Å². The van der Waals surface area contributed by atoms with Crippen LogP contribution < -0.4 is 10.6 Å². The van der Waals surface area contributed by atoms with Crippen LogP contribution in [0.1, 0.15) is 18.9 Å². The van der Waals surface area contributed by atoms with Gasteiger partial charge >= 0.3 is 5.69 Å². The Morgan fingerprint density at radius 1 is 1.15 bits per heavy atom. The van der Waals surface area contributed by atoms with Crippen molar-refractivity contribution in [2.45, 2.75) is 18.9 Å². The van der Waals surface area contributed by atoms with Crippen LogP contribution in [0.15, 0.2) is 47.3 Å². The molecule has 0 aliphatic carbocycles. The summed E-state index contributed by atoms with van der Waals surface area (Å²) in [6.45, 7) is 1.46. The number of non-ortho nitro benzene ring substituents is 1. The Bertz CT molecular complexity index is 1030. The summed E-state index contributed by atoms with van der Waals surface area (Å²) in [6, 6.07) is 12.3. The zero-order valence-corrected chi connectivity index (χ0v) is 14.6. The summed E-state index contributed by atoms with van der Waals surface area (Å²) in [6.07, 6.45) is 1.60. The molecule has 134 valence electrons. The third-order valence-electron chi connectivity index (χ3n) is 4.94. The Kier molecular flexibility index (Phi) is 4.16. The van der Waals surface area contributed by atoms with Crippen LogP contribution in [0.5, 0.6) is 0 Å². The molecule has 0 radical (unpaired) electrons. The number of nitro benzene ring substituents is 1. The molecule has 2 heterocycles. The first-order valence-corrected chi connectivity index (χ1v) is 8.80. The summed E-state index contributed by atoms with van der Waals surface area (Å²) in [5, 5.41) is 11.2. The fourth-order valence-electron chi connectivity index (χ4n) is 3.67. The van der Waals surface area contributed by atoms with Crippen molar-refractivity contribution in [2.75, 3.05) is 18.0 Å². The minimum atomic E-state index is -0.453. The van der Waals surface area contributed by atoms with Gasteiger partial charge in [-0.2, -0.15) is 0 Å². The average Bonchev–Trinajstić information content (AvgIpc) is 2.97. The SMILES string of the molecule is O=c1[nH]c2ccccc2n1C1CCN(c2ccc([N+](=O)[O-])cc2Cl)CC1. The molecule has 0 spiro atoms. The van der Waals surface area contributed by atoms with E-state index >= 15 is 0 Å². The lowest BCUT2D eigenvalue weighted by Gasteiger charge is -2.34. The second kappa shape index (κ2) is 6.49. The summed E-state index contributed by atoms with van der Waals surface area (Å²) < 4.78 is 1.84. The minimum Gasteiger partial charge on any atom is -0.370 e. The third-order valence-corrected chi connectivity index (χ3v) is 5.24. The molecule has 0 amide bonds. The van der Waals surface area contributed by atoms with Crippen LogP contribution in [0.25, 0.3) is 11.0 Å². The van der Waals surface area contributed by atoms with Crippen LogP contribution in [-0.4, -0.2) is 27.6 Å². The molecule has 1 aliphatic heterocycles. The molecule has 26 heavy (non-hydrogen) atoms. The molecule has 7 nitrogen and oxygen atoms in total. The number of benzene rings is 2. The third kappa shape index (κ3) is 2.84. The maximum atomic E-state index is 12.4. The Morgan fingerprint density at radius 2 is 1.88 bits per heavy atom. The van der Waals surface area contributed by atoms with Gasteiger partial charge in [-0.15, -0.1) is 0 Å². The lowest BCUT2D eigenvalue weighted by molar-refractivity contribution is -0.384. The van der Waals surface area contributed by atoms with Crippen molar-refractivity contribution in [1.82, 2.24) is 9.55 Å². The molecule has 0 bridgehead atoms. The Labute approximate surface area is 154 Å². The number of para-hydroxylation sites is 2. The number of nitrogens with zero attached hydrogens (tertiary/aromatic N) is 3. The Morgan fingerprint density at radius 3 is 2.58 bits per heavy atom. The molecule has 1 aromatic heterocycles. The normalized spacial score (nSPS) is 15.5. The maximum absolute atomic E-state index is 12.4. The lowest BCUT2D eigenvalue weighted by atomic mass is 10.0. The highest BCUT2D eigenvalue weighted by molar-refractivity contribution is 6.33. The molecule has 4 rings (SSSR count). The van der Waals surface area contributed by atoms with Gasteiger partial charge in [0.05, 0.1) is 26.7 Å². The van der Waals surface area contributed by atoms with Gasteiger partial charge < -0.3 is 9.88 Å². The quantitative estimate of drug-likeness (QED) is 0.560. The summed E-state index contributed by atoms with van der Waals surface area (Å²) in [5.41, 5.74) is 2.46. The average molecular weight is 373 g/mol. The molecular formula is C18H17ClN4O3. The van der Waals surface area contributed by atoms with Gasteiger partial charge in [0, 0.05) is 31.3 Å². The number of rotatable bonds is 3. The molecular weight excluding hydrogens is 356 g/mol. The molecule has 1 fully saturated rings. The topological polar surface area (TPSA) is 84.2 Å². The van der Waals surface area contributed by atoms with Gasteiger partial charge in [-0.25, -0.2) is 4.79 Å².